The van der Waals surface area contributed by atoms with Crippen LogP contribution in [0.25, 0.3) is 0 Å². The molecule has 0 radical (unpaired) electrons. The van der Waals surface area contributed by atoms with E-state index in [1.54, 1.807) is 13.8 Å². The molecule has 0 heterocycles. The number of hydrogen-bond donors (Lipinski definition) is 1. The number of aliphatic carboxylic acids is 1. The average Bonchev–Trinajstić information content (AvgIpc) is 2.37. The molecule has 0 aliphatic carbocycles. The Hall–Kier alpha value is -1.40. The highest BCUT2D eigenvalue weighted by atomic mass is 32.2. The van der Waals surface area contributed by atoms with Crippen LogP contribution < -0.4 is 0 Å². The zero-order valence-electron chi connectivity index (χ0n) is 11.8. The van der Waals surface area contributed by atoms with E-state index in [0.717, 1.165) is 5.56 Å². The molecule has 0 fully saturated rings. The number of carboxylic acids is 1. The highest BCUT2D eigenvalue weighted by Crippen LogP contribution is 2.11. The van der Waals surface area contributed by atoms with Gasteiger partial charge in [0.15, 0.2) is 0 Å². The van der Waals surface area contributed by atoms with Crippen LogP contribution >= 0.6 is 0 Å². The molecule has 0 aliphatic rings. The van der Waals surface area contributed by atoms with E-state index >= 15 is 0 Å². The van der Waals surface area contributed by atoms with Gasteiger partial charge in [-0.3, -0.25) is 4.79 Å². The van der Waals surface area contributed by atoms with Crippen LogP contribution in [-0.2, 0) is 21.2 Å². The van der Waals surface area contributed by atoms with Crippen molar-refractivity contribution in [2.45, 2.75) is 32.7 Å². The quantitative estimate of drug-likeness (QED) is 0.793. The summed E-state index contributed by atoms with van der Waals surface area (Å²) in [5.41, 5.74) is 0.956. The molecule has 6 heteroatoms. The maximum atomic E-state index is 12.3. The highest BCUT2D eigenvalue weighted by Gasteiger charge is 2.25. The Morgan fingerprint density at radius 3 is 2.35 bits per heavy atom. The molecule has 0 bridgehead atoms. The van der Waals surface area contributed by atoms with E-state index in [2.05, 4.69) is 0 Å². The van der Waals surface area contributed by atoms with Crippen molar-refractivity contribution in [2.75, 3.05) is 12.3 Å². The summed E-state index contributed by atoms with van der Waals surface area (Å²) in [7, 11) is -3.45. The van der Waals surface area contributed by atoms with Gasteiger partial charge in [0.25, 0.3) is 0 Å². The normalized spacial score (nSPS) is 12.0. The minimum absolute atomic E-state index is 0.00515. The SMILES string of the molecule is CC(C)N(CCC(=O)O)S(=O)(=O)CCc1ccccc1. The number of benzene rings is 1. The smallest absolute Gasteiger partial charge is 0.304 e. The molecular weight excluding hydrogens is 278 g/mol. The lowest BCUT2D eigenvalue weighted by Gasteiger charge is -2.25. The Morgan fingerprint density at radius 2 is 1.85 bits per heavy atom. The maximum absolute atomic E-state index is 12.3. The molecule has 1 aromatic carbocycles. The fraction of sp³-hybridized carbons (Fsp3) is 0.500. The molecule has 0 saturated heterocycles. The second-order valence-corrected chi connectivity index (χ2v) is 6.94. The first-order valence-corrected chi connectivity index (χ1v) is 8.19. The lowest BCUT2D eigenvalue weighted by molar-refractivity contribution is -0.137. The van der Waals surface area contributed by atoms with Crippen molar-refractivity contribution in [1.29, 1.82) is 0 Å². The topological polar surface area (TPSA) is 74.7 Å². The van der Waals surface area contributed by atoms with Gasteiger partial charge < -0.3 is 5.11 Å². The zero-order valence-corrected chi connectivity index (χ0v) is 12.6. The first-order chi connectivity index (χ1) is 9.33. The van der Waals surface area contributed by atoms with Crippen molar-refractivity contribution in [1.82, 2.24) is 4.31 Å². The fourth-order valence-corrected chi connectivity index (χ4v) is 3.67. The third-order valence-corrected chi connectivity index (χ3v) is 5.01. The minimum Gasteiger partial charge on any atom is -0.481 e. The lowest BCUT2D eigenvalue weighted by Crippen LogP contribution is -2.40. The van der Waals surface area contributed by atoms with Gasteiger partial charge in [0, 0.05) is 12.6 Å². The van der Waals surface area contributed by atoms with Crippen LogP contribution in [-0.4, -0.2) is 42.1 Å². The molecule has 0 amide bonds. The Balaban J connectivity index is 2.70. The number of aryl methyl sites for hydroxylation is 1. The van der Waals surface area contributed by atoms with Crippen LogP contribution in [0, 0.1) is 0 Å². The summed E-state index contributed by atoms with van der Waals surface area (Å²) in [6, 6.07) is 9.14. The van der Waals surface area contributed by atoms with Crippen LogP contribution in [0.2, 0.25) is 0 Å². The Labute approximate surface area is 120 Å². The van der Waals surface area contributed by atoms with Crippen LogP contribution in [0.3, 0.4) is 0 Å². The standard InChI is InChI=1S/C14H21NO4S/c1-12(2)15(10-8-14(16)17)20(18,19)11-9-13-6-4-3-5-7-13/h3-7,12H,8-11H2,1-2H3,(H,16,17). The van der Waals surface area contributed by atoms with Gasteiger partial charge in [-0.15, -0.1) is 0 Å². The van der Waals surface area contributed by atoms with Crippen LogP contribution in [0.15, 0.2) is 30.3 Å². The molecular formula is C14H21NO4S. The first-order valence-electron chi connectivity index (χ1n) is 6.58. The number of sulfonamides is 1. The molecule has 1 rings (SSSR count). The van der Waals surface area contributed by atoms with Crippen molar-refractivity contribution in [3.63, 3.8) is 0 Å². The first kappa shape index (κ1) is 16.7. The van der Waals surface area contributed by atoms with Gasteiger partial charge in [0.2, 0.25) is 10.0 Å². The predicted molar refractivity (Wildman–Crippen MR) is 78.0 cm³/mol. The van der Waals surface area contributed by atoms with Gasteiger partial charge in [-0.25, -0.2) is 8.42 Å². The Morgan fingerprint density at radius 1 is 1.25 bits per heavy atom. The summed E-state index contributed by atoms with van der Waals surface area (Å²) in [6.45, 7) is 3.52. The van der Waals surface area contributed by atoms with Crippen LogP contribution in [0.5, 0.6) is 0 Å². The number of nitrogens with zero attached hydrogens (tertiary/aromatic N) is 1. The van der Waals surface area contributed by atoms with Crippen LogP contribution in [0.4, 0.5) is 0 Å². The Bertz CT molecular complexity index is 525. The average molecular weight is 299 g/mol. The number of hydrogen-bond acceptors (Lipinski definition) is 3. The number of carboxylic acid groups (broad SMARTS) is 1. The Kier molecular flexibility index (Phi) is 6.16. The van der Waals surface area contributed by atoms with E-state index in [4.69, 9.17) is 5.11 Å². The van der Waals surface area contributed by atoms with Crippen molar-refractivity contribution < 1.29 is 18.3 Å². The predicted octanol–water partition coefficient (Wildman–Crippen LogP) is 1.74. The van der Waals surface area contributed by atoms with Crippen molar-refractivity contribution >= 4 is 16.0 Å². The summed E-state index contributed by atoms with van der Waals surface area (Å²) in [5, 5.41) is 8.70. The second kappa shape index (κ2) is 7.40. The van der Waals surface area contributed by atoms with E-state index in [9.17, 15) is 13.2 Å². The van der Waals surface area contributed by atoms with Gasteiger partial charge in [-0.1, -0.05) is 30.3 Å². The zero-order chi connectivity index (χ0) is 15.2. The summed E-state index contributed by atoms with van der Waals surface area (Å²) in [6.07, 6.45) is 0.252. The third kappa shape index (κ3) is 5.30. The molecule has 5 nitrogen and oxygen atoms in total. The van der Waals surface area contributed by atoms with Gasteiger partial charge in [0.05, 0.1) is 12.2 Å². The van der Waals surface area contributed by atoms with Gasteiger partial charge in [0.1, 0.15) is 0 Å². The maximum Gasteiger partial charge on any atom is 0.304 e. The van der Waals surface area contributed by atoms with Gasteiger partial charge in [-0.2, -0.15) is 4.31 Å². The fourth-order valence-electron chi connectivity index (χ4n) is 1.93. The number of carbonyl (C=O) groups is 1. The highest BCUT2D eigenvalue weighted by molar-refractivity contribution is 7.89. The molecule has 1 aromatic rings. The minimum atomic E-state index is -3.45. The van der Waals surface area contributed by atoms with Crippen molar-refractivity contribution in [3.8, 4) is 0 Å². The van der Waals surface area contributed by atoms with Gasteiger partial charge >= 0.3 is 5.97 Å². The second-order valence-electron chi connectivity index (χ2n) is 4.90. The number of rotatable bonds is 8. The molecule has 0 unspecified atom stereocenters. The van der Waals surface area contributed by atoms with E-state index in [-0.39, 0.29) is 24.8 Å². The van der Waals surface area contributed by atoms with E-state index < -0.39 is 16.0 Å². The molecule has 0 aliphatic heterocycles. The molecule has 20 heavy (non-hydrogen) atoms. The van der Waals surface area contributed by atoms with Gasteiger partial charge in [-0.05, 0) is 25.8 Å². The monoisotopic (exact) mass is 299 g/mol. The molecule has 1 N–H and O–H groups in total. The summed E-state index contributed by atoms with van der Waals surface area (Å²) in [5.74, 6) is -0.997. The molecule has 0 saturated carbocycles. The van der Waals surface area contributed by atoms with E-state index in [1.165, 1.54) is 4.31 Å². The summed E-state index contributed by atoms with van der Waals surface area (Å²) < 4.78 is 25.8. The summed E-state index contributed by atoms with van der Waals surface area (Å²) >= 11 is 0. The molecule has 0 atom stereocenters. The molecule has 0 spiro atoms. The summed E-state index contributed by atoms with van der Waals surface area (Å²) in [4.78, 5) is 10.6. The third-order valence-electron chi connectivity index (χ3n) is 2.97. The lowest BCUT2D eigenvalue weighted by atomic mass is 10.2. The van der Waals surface area contributed by atoms with Crippen LogP contribution in [0.1, 0.15) is 25.8 Å². The van der Waals surface area contributed by atoms with E-state index in [1.807, 2.05) is 30.3 Å². The van der Waals surface area contributed by atoms with Crippen molar-refractivity contribution in [3.05, 3.63) is 35.9 Å². The van der Waals surface area contributed by atoms with E-state index in [0.29, 0.717) is 6.42 Å². The van der Waals surface area contributed by atoms with Crippen molar-refractivity contribution in [2.24, 2.45) is 0 Å². The largest absolute Gasteiger partial charge is 0.481 e. The molecule has 0 aromatic heterocycles. The molecule has 112 valence electrons.